The highest BCUT2D eigenvalue weighted by molar-refractivity contribution is 8.00. The van der Waals surface area contributed by atoms with Gasteiger partial charge in [-0.1, -0.05) is 0 Å². The molecular formula is C8H13NO2S. The first kappa shape index (κ1) is 8.38. The van der Waals surface area contributed by atoms with Crippen LogP contribution in [-0.2, 0) is 9.53 Å². The normalized spacial score (nSPS) is 30.0. The van der Waals surface area contributed by atoms with E-state index in [1.54, 1.807) is 11.8 Å². The number of carbonyl (C=O) groups is 1. The van der Waals surface area contributed by atoms with Crippen molar-refractivity contribution >= 4 is 17.7 Å². The number of hydrogen-bond donors (Lipinski definition) is 1. The zero-order valence-electron chi connectivity index (χ0n) is 6.91. The average Bonchev–Trinajstić information content (AvgIpc) is 2.33. The predicted molar refractivity (Wildman–Crippen MR) is 48.2 cm³/mol. The SMILES string of the molecule is O=C1OCCC1SCC1CNC1. The van der Waals surface area contributed by atoms with E-state index >= 15 is 0 Å². The second kappa shape index (κ2) is 3.66. The molecule has 0 aliphatic carbocycles. The van der Waals surface area contributed by atoms with Crippen molar-refractivity contribution in [1.82, 2.24) is 5.32 Å². The third-order valence-electron chi connectivity index (χ3n) is 2.29. The molecule has 68 valence electrons. The molecule has 0 spiro atoms. The molecule has 0 bridgehead atoms. The Morgan fingerprint density at radius 1 is 1.58 bits per heavy atom. The molecule has 1 unspecified atom stereocenters. The lowest BCUT2D eigenvalue weighted by atomic mass is 10.1. The first-order chi connectivity index (χ1) is 5.86. The Morgan fingerprint density at radius 3 is 2.92 bits per heavy atom. The van der Waals surface area contributed by atoms with Gasteiger partial charge in [-0.25, -0.2) is 0 Å². The summed E-state index contributed by atoms with van der Waals surface area (Å²) in [6.07, 6.45) is 0.906. The largest absolute Gasteiger partial charge is 0.465 e. The molecule has 2 aliphatic heterocycles. The first-order valence-electron chi connectivity index (χ1n) is 4.35. The Labute approximate surface area is 76.2 Å². The molecule has 1 N–H and O–H groups in total. The Kier molecular flexibility index (Phi) is 2.56. The third-order valence-corrected chi connectivity index (χ3v) is 3.78. The molecule has 0 aromatic heterocycles. The highest BCUT2D eigenvalue weighted by atomic mass is 32.2. The van der Waals surface area contributed by atoms with E-state index in [9.17, 15) is 4.79 Å². The minimum absolute atomic E-state index is 0.00715. The first-order valence-corrected chi connectivity index (χ1v) is 5.40. The van der Waals surface area contributed by atoms with Crippen LogP contribution >= 0.6 is 11.8 Å². The molecule has 0 aromatic carbocycles. The molecule has 2 aliphatic rings. The van der Waals surface area contributed by atoms with E-state index in [0.29, 0.717) is 6.61 Å². The Balaban J connectivity index is 1.68. The maximum atomic E-state index is 11.0. The summed E-state index contributed by atoms with van der Waals surface area (Å²) in [7, 11) is 0. The minimum Gasteiger partial charge on any atom is -0.465 e. The second-order valence-electron chi connectivity index (χ2n) is 3.30. The van der Waals surface area contributed by atoms with Crippen LogP contribution in [-0.4, -0.2) is 36.7 Å². The van der Waals surface area contributed by atoms with E-state index in [-0.39, 0.29) is 11.2 Å². The van der Waals surface area contributed by atoms with Crippen molar-refractivity contribution in [2.45, 2.75) is 11.7 Å². The molecule has 0 radical (unpaired) electrons. The Hall–Kier alpha value is -0.220. The number of thioether (sulfide) groups is 1. The lowest BCUT2D eigenvalue weighted by Crippen LogP contribution is -2.43. The summed E-state index contributed by atoms with van der Waals surface area (Å²) in [5.74, 6) is 1.88. The maximum Gasteiger partial charge on any atom is 0.319 e. The summed E-state index contributed by atoms with van der Waals surface area (Å²) in [5, 5.41) is 3.35. The smallest absolute Gasteiger partial charge is 0.319 e. The fraction of sp³-hybridized carbons (Fsp3) is 0.875. The summed E-state index contributed by atoms with van der Waals surface area (Å²) in [5.41, 5.74) is 0. The predicted octanol–water partition coefficient (Wildman–Crippen LogP) is 0.254. The Morgan fingerprint density at radius 2 is 2.42 bits per heavy atom. The van der Waals surface area contributed by atoms with Gasteiger partial charge in [0.25, 0.3) is 0 Å². The van der Waals surface area contributed by atoms with E-state index in [0.717, 1.165) is 31.2 Å². The summed E-state index contributed by atoms with van der Waals surface area (Å²) in [6.45, 7) is 2.86. The van der Waals surface area contributed by atoms with Crippen molar-refractivity contribution in [3.05, 3.63) is 0 Å². The summed E-state index contributed by atoms with van der Waals surface area (Å²) in [6, 6.07) is 0. The van der Waals surface area contributed by atoms with Crippen molar-refractivity contribution in [3.8, 4) is 0 Å². The van der Waals surface area contributed by atoms with E-state index < -0.39 is 0 Å². The van der Waals surface area contributed by atoms with Crippen molar-refractivity contribution in [3.63, 3.8) is 0 Å². The van der Waals surface area contributed by atoms with E-state index in [1.165, 1.54) is 0 Å². The molecule has 12 heavy (non-hydrogen) atoms. The number of esters is 1. The van der Waals surface area contributed by atoms with Gasteiger partial charge in [0, 0.05) is 6.42 Å². The highest BCUT2D eigenvalue weighted by Gasteiger charge is 2.28. The molecule has 0 saturated carbocycles. The van der Waals surface area contributed by atoms with Gasteiger partial charge in [-0.3, -0.25) is 4.79 Å². The summed E-state index contributed by atoms with van der Waals surface area (Å²) >= 11 is 1.76. The van der Waals surface area contributed by atoms with Crippen LogP contribution in [0.1, 0.15) is 6.42 Å². The maximum absolute atomic E-state index is 11.0. The van der Waals surface area contributed by atoms with Crippen molar-refractivity contribution in [2.24, 2.45) is 5.92 Å². The van der Waals surface area contributed by atoms with E-state index in [1.807, 2.05) is 0 Å². The lowest BCUT2D eigenvalue weighted by molar-refractivity contribution is -0.137. The highest BCUT2D eigenvalue weighted by Crippen LogP contribution is 2.24. The van der Waals surface area contributed by atoms with Crippen molar-refractivity contribution in [2.75, 3.05) is 25.4 Å². The Bertz CT molecular complexity index is 182. The zero-order chi connectivity index (χ0) is 8.39. The van der Waals surface area contributed by atoms with Gasteiger partial charge >= 0.3 is 5.97 Å². The number of ether oxygens (including phenoxy) is 1. The monoisotopic (exact) mass is 187 g/mol. The van der Waals surface area contributed by atoms with Gasteiger partial charge in [0.2, 0.25) is 0 Å². The number of nitrogens with one attached hydrogen (secondary N) is 1. The molecule has 0 amide bonds. The summed E-state index contributed by atoms with van der Waals surface area (Å²) < 4.78 is 4.87. The average molecular weight is 187 g/mol. The van der Waals surface area contributed by atoms with Crippen LogP contribution in [0.4, 0.5) is 0 Å². The fourth-order valence-electron chi connectivity index (χ4n) is 1.35. The molecule has 2 fully saturated rings. The van der Waals surface area contributed by atoms with Gasteiger partial charge in [0.15, 0.2) is 0 Å². The number of hydrogen-bond acceptors (Lipinski definition) is 4. The van der Waals surface area contributed by atoms with E-state index in [4.69, 9.17) is 4.74 Å². The molecule has 2 rings (SSSR count). The van der Waals surface area contributed by atoms with Gasteiger partial charge in [-0.2, -0.15) is 0 Å². The lowest BCUT2D eigenvalue weighted by Gasteiger charge is -2.27. The quantitative estimate of drug-likeness (QED) is 0.643. The van der Waals surface area contributed by atoms with Gasteiger partial charge in [0.1, 0.15) is 5.25 Å². The van der Waals surface area contributed by atoms with Gasteiger partial charge in [0.05, 0.1) is 6.61 Å². The molecular weight excluding hydrogens is 174 g/mol. The van der Waals surface area contributed by atoms with Gasteiger partial charge < -0.3 is 10.1 Å². The third kappa shape index (κ3) is 1.75. The zero-order valence-corrected chi connectivity index (χ0v) is 7.73. The van der Waals surface area contributed by atoms with Gasteiger partial charge in [-0.05, 0) is 24.8 Å². The number of rotatable bonds is 3. The fourth-order valence-corrected chi connectivity index (χ4v) is 2.55. The van der Waals surface area contributed by atoms with Crippen LogP contribution < -0.4 is 5.32 Å². The van der Waals surface area contributed by atoms with Crippen LogP contribution in [0, 0.1) is 5.92 Å². The topological polar surface area (TPSA) is 38.3 Å². The second-order valence-corrected chi connectivity index (χ2v) is 4.54. The van der Waals surface area contributed by atoms with Crippen LogP contribution in [0.25, 0.3) is 0 Å². The van der Waals surface area contributed by atoms with Crippen LogP contribution in [0.5, 0.6) is 0 Å². The molecule has 1 atom stereocenters. The van der Waals surface area contributed by atoms with E-state index in [2.05, 4.69) is 5.32 Å². The molecule has 2 saturated heterocycles. The van der Waals surface area contributed by atoms with Crippen molar-refractivity contribution < 1.29 is 9.53 Å². The van der Waals surface area contributed by atoms with Crippen LogP contribution in [0.3, 0.4) is 0 Å². The molecule has 3 nitrogen and oxygen atoms in total. The van der Waals surface area contributed by atoms with Crippen molar-refractivity contribution in [1.29, 1.82) is 0 Å². The molecule has 2 heterocycles. The number of carbonyl (C=O) groups excluding carboxylic acids is 1. The van der Waals surface area contributed by atoms with Crippen LogP contribution in [0.15, 0.2) is 0 Å². The standard InChI is InChI=1S/C8H13NO2S/c10-8-7(1-2-11-8)12-5-6-3-9-4-6/h6-7,9H,1-5H2. The van der Waals surface area contributed by atoms with Crippen LogP contribution in [0.2, 0.25) is 0 Å². The minimum atomic E-state index is -0.00715. The number of cyclic esters (lactones) is 1. The van der Waals surface area contributed by atoms with Gasteiger partial charge in [-0.15, -0.1) is 11.8 Å². The molecule has 4 heteroatoms. The molecule has 0 aromatic rings. The summed E-state index contributed by atoms with van der Waals surface area (Å²) in [4.78, 5) is 11.0.